The predicted molar refractivity (Wildman–Crippen MR) is 53.6 cm³/mol. The van der Waals surface area contributed by atoms with Crippen molar-refractivity contribution in [1.29, 1.82) is 0 Å². The van der Waals surface area contributed by atoms with E-state index < -0.39 is 17.9 Å². The number of carboxylic acid groups (broad SMARTS) is 1. The second kappa shape index (κ2) is 4.22. The van der Waals surface area contributed by atoms with Gasteiger partial charge in [-0.05, 0) is 12.1 Å². The van der Waals surface area contributed by atoms with E-state index in [1.54, 1.807) is 18.2 Å². The lowest BCUT2D eigenvalue weighted by Crippen LogP contribution is -2.33. The molecule has 1 aromatic carbocycles. The first-order chi connectivity index (χ1) is 7.66. The van der Waals surface area contributed by atoms with Crippen molar-refractivity contribution in [2.75, 3.05) is 6.61 Å². The number of carboxylic acids is 1. The molecule has 5 nitrogen and oxygen atoms in total. The molecule has 1 atom stereocenters. The summed E-state index contributed by atoms with van der Waals surface area (Å²) in [5, 5.41) is 8.46. The molecule has 1 heterocycles. The minimum Gasteiger partial charge on any atom is -0.486 e. The van der Waals surface area contributed by atoms with Gasteiger partial charge in [-0.1, -0.05) is 12.1 Å². The second-order valence-corrected chi connectivity index (χ2v) is 3.43. The van der Waals surface area contributed by atoms with Crippen molar-refractivity contribution in [3.8, 4) is 11.5 Å². The second-order valence-electron chi connectivity index (χ2n) is 3.43. The summed E-state index contributed by atoms with van der Waals surface area (Å²) in [5.41, 5.74) is 0. The molecule has 0 bridgehead atoms. The third-order valence-corrected chi connectivity index (χ3v) is 2.22. The smallest absolute Gasteiger partial charge is 0.372 e. The normalized spacial score (nSPS) is 17.9. The molecule has 0 aromatic heterocycles. The maximum absolute atomic E-state index is 11.0. The first-order valence-electron chi connectivity index (χ1n) is 4.81. The maximum atomic E-state index is 11.0. The highest BCUT2D eigenvalue weighted by atomic mass is 16.6. The summed E-state index contributed by atoms with van der Waals surface area (Å²) in [4.78, 5) is 21.4. The minimum atomic E-state index is -1.44. The van der Waals surface area contributed by atoms with Gasteiger partial charge >= 0.3 is 5.97 Å². The molecule has 2 rings (SSSR count). The monoisotopic (exact) mass is 222 g/mol. The first-order valence-corrected chi connectivity index (χ1v) is 4.81. The fourth-order valence-electron chi connectivity index (χ4n) is 1.46. The van der Waals surface area contributed by atoms with E-state index in [1.807, 2.05) is 6.07 Å². The zero-order valence-corrected chi connectivity index (χ0v) is 8.38. The van der Waals surface area contributed by atoms with Crippen molar-refractivity contribution in [2.45, 2.75) is 12.5 Å². The fourth-order valence-corrected chi connectivity index (χ4v) is 1.46. The molecule has 1 aliphatic heterocycles. The Morgan fingerprint density at radius 2 is 2.00 bits per heavy atom. The van der Waals surface area contributed by atoms with Crippen molar-refractivity contribution >= 4 is 11.8 Å². The minimum absolute atomic E-state index is 0.177. The molecule has 0 spiro atoms. The average molecular weight is 222 g/mol. The van der Waals surface area contributed by atoms with Gasteiger partial charge in [-0.2, -0.15) is 0 Å². The van der Waals surface area contributed by atoms with Crippen molar-refractivity contribution in [3.05, 3.63) is 24.3 Å². The largest absolute Gasteiger partial charge is 0.486 e. The van der Waals surface area contributed by atoms with E-state index >= 15 is 0 Å². The molecule has 84 valence electrons. The molecule has 0 saturated heterocycles. The Bertz CT molecular complexity index is 426. The molecule has 0 aliphatic carbocycles. The van der Waals surface area contributed by atoms with Crippen LogP contribution in [0.5, 0.6) is 11.5 Å². The van der Waals surface area contributed by atoms with Crippen LogP contribution in [-0.2, 0) is 9.59 Å². The fraction of sp³-hybridized carbons (Fsp3) is 0.273. The van der Waals surface area contributed by atoms with Crippen LogP contribution in [0, 0.1) is 0 Å². The van der Waals surface area contributed by atoms with E-state index in [-0.39, 0.29) is 13.0 Å². The number of hydrogen-bond acceptors (Lipinski definition) is 4. The quantitative estimate of drug-likeness (QED) is 0.768. The van der Waals surface area contributed by atoms with Gasteiger partial charge in [-0.25, -0.2) is 4.79 Å². The molecule has 5 heteroatoms. The zero-order valence-electron chi connectivity index (χ0n) is 8.38. The molecule has 0 radical (unpaired) electrons. The number of ketones is 1. The SMILES string of the molecule is O=C(O)C(=O)CC1COc2ccccc2O1. The summed E-state index contributed by atoms with van der Waals surface area (Å²) in [7, 11) is 0. The van der Waals surface area contributed by atoms with Crippen molar-refractivity contribution in [2.24, 2.45) is 0 Å². The number of hydrogen-bond donors (Lipinski definition) is 1. The first kappa shape index (κ1) is 10.5. The predicted octanol–water partition coefficient (Wildman–Crippen LogP) is 0.870. The number of carbonyl (C=O) groups excluding carboxylic acids is 1. The number of carbonyl (C=O) groups is 2. The Morgan fingerprint density at radius 3 is 2.69 bits per heavy atom. The van der Waals surface area contributed by atoms with Crippen molar-refractivity contribution in [3.63, 3.8) is 0 Å². The number of ether oxygens (including phenoxy) is 2. The lowest BCUT2D eigenvalue weighted by molar-refractivity contribution is -0.150. The van der Waals surface area contributed by atoms with E-state index in [0.29, 0.717) is 11.5 Å². The van der Waals surface area contributed by atoms with Crippen LogP contribution in [0.15, 0.2) is 24.3 Å². The highest BCUT2D eigenvalue weighted by Gasteiger charge is 2.25. The Balaban J connectivity index is 2.03. The molecule has 0 amide bonds. The average Bonchev–Trinajstić information content (AvgIpc) is 2.28. The van der Waals surface area contributed by atoms with Gasteiger partial charge in [0.1, 0.15) is 12.7 Å². The summed E-state index contributed by atoms with van der Waals surface area (Å²) in [6.07, 6.45) is -0.706. The number of para-hydroxylation sites is 2. The number of rotatable bonds is 3. The lowest BCUT2D eigenvalue weighted by atomic mass is 10.1. The summed E-state index contributed by atoms with van der Waals surface area (Å²) in [5.74, 6) is -1.16. The van der Waals surface area contributed by atoms with Crippen molar-refractivity contribution < 1.29 is 24.2 Å². The van der Waals surface area contributed by atoms with Crippen LogP contribution in [0.3, 0.4) is 0 Å². The van der Waals surface area contributed by atoms with Crippen LogP contribution >= 0.6 is 0 Å². The van der Waals surface area contributed by atoms with Gasteiger partial charge in [0.15, 0.2) is 11.5 Å². The number of fused-ring (bicyclic) bond motifs is 1. The third-order valence-electron chi connectivity index (χ3n) is 2.22. The van der Waals surface area contributed by atoms with Gasteiger partial charge in [-0.15, -0.1) is 0 Å². The van der Waals surface area contributed by atoms with Gasteiger partial charge in [0.25, 0.3) is 0 Å². The number of Topliss-reactive ketones (excluding diaryl/α,β-unsaturated/α-hetero) is 1. The van der Waals surface area contributed by atoms with E-state index in [9.17, 15) is 9.59 Å². The lowest BCUT2D eigenvalue weighted by Gasteiger charge is -2.25. The summed E-state index contributed by atoms with van der Waals surface area (Å²) >= 11 is 0. The van der Waals surface area contributed by atoms with E-state index in [4.69, 9.17) is 14.6 Å². The van der Waals surface area contributed by atoms with Crippen LogP contribution in [-0.4, -0.2) is 29.6 Å². The molecule has 1 aromatic rings. The van der Waals surface area contributed by atoms with Gasteiger partial charge in [0.05, 0.1) is 6.42 Å². The number of aliphatic carboxylic acids is 1. The molecule has 0 saturated carbocycles. The van der Waals surface area contributed by atoms with Gasteiger partial charge in [0, 0.05) is 0 Å². The standard InChI is InChI=1S/C11H10O5/c12-8(11(13)14)5-7-6-15-9-3-1-2-4-10(9)16-7/h1-4,7H,5-6H2,(H,13,14). The molecule has 1 aliphatic rings. The summed E-state index contributed by atoms with van der Waals surface area (Å²) in [6.45, 7) is 0.191. The molecule has 0 fully saturated rings. The molecule has 1 unspecified atom stereocenters. The zero-order chi connectivity index (χ0) is 11.5. The van der Waals surface area contributed by atoms with Crippen molar-refractivity contribution in [1.82, 2.24) is 0 Å². The number of benzene rings is 1. The molecular weight excluding hydrogens is 212 g/mol. The van der Waals surface area contributed by atoms with Gasteiger partial charge in [-0.3, -0.25) is 4.79 Å². The highest BCUT2D eigenvalue weighted by Crippen LogP contribution is 2.31. The Labute approximate surface area is 91.6 Å². The topological polar surface area (TPSA) is 72.8 Å². The van der Waals surface area contributed by atoms with Gasteiger partial charge < -0.3 is 14.6 Å². The highest BCUT2D eigenvalue weighted by molar-refractivity contribution is 6.32. The maximum Gasteiger partial charge on any atom is 0.372 e. The van der Waals surface area contributed by atoms with Crippen LogP contribution < -0.4 is 9.47 Å². The van der Waals surface area contributed by atoms with Crippen LogP contribution in [0.4, 0.5) is 0 Å². The van der Waals surface area contributed by atoms with E-state index in [1.165, 1.54) is 0 Å². The van der Waals surface area contributed by atoms with Crippen LogP contribution in [0.2, 0.25) is 0 Å². The Kier molecular flexibility index (Phi) is 2.76. The molecular formula is C11H10O5. The van der Waals surface area contributed by atoms with Gasteiger partial charge in [0.2, 0.25) is 5.78 Å². The Hall–Kier alpha value is -2.04. The summed E-state index contributed by atoms with van der Waals surface area (Å²) < 4.78 is 10.8. The summed E-state index contributed by atoms with van der Waals surface area (Å²) in [6, 6.07) is 7.06. The van der Waals surface area contributed by atoms with E-state index in [0.717, 1.165) is 0 Å². The van der Waals surface area contributed by atoms with Crippen LogP contribution in [0.25, 0.3) is 0 Å². The van der Waals surface area contributed by atoms with Crippen LogP contribution in [0.1, 0.15) is 6.42 Å². The van der Waals surface area contributed by atoms with E-state index in [2.05, 4.69) is 0 Å². The molecule has 16 heavy (non-hydrogen) atoms. The Morgan fingerprint density at radius 1 is 1.31 bits per heavy atom. The third kappa shape index (κ3) is 2.13. The molecule has 1 N–H and O–H groups in total.